The predicted molar refractivity (Wildman–Crippen MR) is 71.1 cm³/mol. The van der Waals surface area contributed by atoms with E-state index < -0.39 is 11.2 Å². The van der Waals surface area contributed by atoms with Crippen LogP contribution in [0.3, 0.4) is 0 Å². The second-order valence-electron chi connectivity index (χ2n) is 7.01. The smallest absolute Gasteiger partial charge is 0.410 e. The van der Waals surface area contributed by atoms with Crippen LogP contribution in [0.1, 0.15) is 33.6 Å². The number of carbonyl (C=O) groups excluding carboxylic acids is 2. The van der Waals surface area contributed by atoms with E-state index in [4.69, 9.17) is 9.47 Å². The van der Waals surface area contributed by atoms with Gasteiger partial charge in [0, 0.05) is 25.6 Å². The number of hydrogen-bond acceptors (Lipinski definition) is 4. The summed E-state index contributed by atoms with van der Waals surface area (Å²) in [5.41, 5.74) is -1.01. The maximum absolute atomic E-state index is 11.9. The standard InChI is InChI=1S/C14H22N2O4/c1-13(2,3)20-12(18)16-7-9(8-16)10-6-15-11(17)14(19-10)4-5-14/h9-10H,4-8H2,1-3H3,(H,15,17). The van der Waals surface area contributed by atoms with Crippen LogP contribution >= 0.6 is 0 Å². The molecule has 0 aromatic rings. The van der Waals surface area contributed by atoms with Crippen molar-refractivity contribution in [2.75, 3.05) is 19.6 Å². The molecule has 0 aromatic heterocycles. The third-order valence-corrected chi connectivity index (χ3v) is 4.05. The number of hydrogen-bond donors (Lipinski definition) is 1. The lowest BCUT2D eigenvalue weighted by Gasteiger charge is -2.45. The van der Waals surface area contributed by atoms with Crippen molar-refractivity contribution >= 4 is 12.0 Å². The summed E-state index contributed by atoms with van der Waals surface area (Å²) < 4.78 is 11.3. The molecule has 3 rings (SSSR count). The Morgan fingerprint density at radius 2 is 2.05 bits per heavy atom. The molecule has 3 aliphatic rings. The zero-order valence-corrected chi connectivity index (χ0v) is 12.3. The van der Waals surface area contributed by atoms with E-state index in [9.17, 15) is 9.59 Å². The topological polar surface area (TPSA) is 67.9 Å². The predicted octanol–water partition coefficient (Wildman–Crippen LogP) is 0.901. The van der Waals surface area contributed by atoms with E-state index in [2.05, 4.69) is 5.32 Å². The van der Waals surface area contributed by atoms with Crippen molar-refractivity contribution < 1.29 is 19.1 Å². The van der Waals surface area contributed by atoms with Crippen LogP contribution in [-0.4, -0.2) is 53.8 Å². The van der Waals surface area contributed by atoms with Gasteiger partial charge in [0.15, 0.2) is 0 Å². The third kappa shape index (κ3) is 2.49. The highest BCUT2D eigenvalue weighted by Crippen LogP contribution is 2.44. The molecule has 1 aliphatic carbocycles. The molecule has 3 fully saturated rings. The van der Waals surface area contributed by atoms with E-state index in [0.29, 0.717) is 25.6 Å². The average Bonchev–Trinajstić information content (AvgIpc) is 2.99. The Hall–Kier alpha value is -1.30. The monoisotopic (exact) mass is 282 g/mol. The number of nitrogens with one attached hydrogen (secondary N) is 1. The highest BCUT2D eigenvalue weighted by Gasteiger charge is 2.56. The van der Waals surface area contributed by atoms with Crippen molar-refractivity contribution in [2.45, 2.75) is 50.9 Å². The molecule has 0 aromatic carbocycles. The zero-order chi connectivity index (χ0) is 14.5. The van der Waals surface area contributed by atoms with Crippen molar-refractivity contribution in [1.29, 1.82) is 0 Å². The summed E-state index contributed by atoms with van der Waals surface area (Å²) in [6, 6.07) is 0. The quantitative estimate of drug-likeness (QED) is 0.776. The number of nitrogens with zero attached hydrogens (tertiary/aromatic N) is 1. The average molecular weight is 282 g/mol. The molecule has 1 spiro atoms. The Morgan fingerprint density at radius 3 is 2.60 bits per heavy atom. The fraction of sp³-hybridized carbons (Fsp3) is 0.857. The maximum Gasteiger partial charge on any atom is 0.410 e. The fourth-order valence-corrected chi connectivity index (χ4v) is 2.68. The van der Waals surface area contributed by atoms with Crippen LogP contribution in [-0.2, 0) is 14.3 Å². The van der Waals surface area contributed by atoms with Gasteiger partial charge in [-0.1, -0.05) is 0 Å². The summed E-state index contributed by atoms with van der Waals surface area (Å²) in [6.45, 7) is 7.42. The second-order valence-corrected chi connectivity index (χ2v) is 7.01. The summed E-state index contributed by atoms with van der Waals surface area (Å²) in [5, 5.41) is 2.92. The van der Waals surface area contributed by atoms with Crippen LogP contribution in [0.2, 0.25) is 0 Å². The van der Waals surface area contributed by atoms with Gasteiger partial charge in [-0.3, -0.25) is 4.79 Å². The van der Waals surface area contributed by atoms with Gasteiger partial charge in [-0.2, -0.15) is 0 Å². The van der Waals surface area contributed by atoms with Gasteiger partial charge >= 0.3 is 6.09 Å². The highest BCUT2D eigenvalue weighted by atomic mass is 16.6. The molecule has 2 aliphatic heterocycles. The Balaban J connectivity index is 1.49. The summed E-state index contributed by atoms with van der Waals surface area (Å²) in [4.78, 5) is 25.2. The molecule has 2 saturated heterocycles. The molecule has 2 amide bonds. The first-order valence-corrected chi connectivity index (χ1v) is 7.23. The zero-order valence-electron chi connectivity index (χ0n) is 12.3. The Labute approximate surface area is 118 Å². The Bertz CT molecular complexity index is 433. The van der Waals surface area contributed by atoms with Crippen molar-refractivity contribution in [1.82, 2.24) is 10.2 Å². The van der Waals surface area contributed by atoms with Crippen LogP contribution in [0, 0.1) is 5.92 Å². The van der Waals surface area contributed by atoms with Gasteiger partial charge in [-0.25, -0.2) is 4.79 Å². The van der Waals surface area contributed by atoms with Crippen LogP contribution in [0.25, 0.3) is 0 Å². The molecule has 20 heavy (non-hydrogen) atoms. The third-order valence-electron chi connectivity index (χ3n) is 4.05. The lowest BCUT2D eigenvalue weighted by atomic mass is 9.92. The SMILES string of the molecule is CC(C)(C)OC(=O)N1CC(C2CNC(=O)C3(CC3)O2)C1. The summed E-state index contributed by atoms with van der Waals surface area (Å²) in [6.07, 6.45) is 1.39. The molecule has 1 saturated carbocycles. The van der Waals surface area contributed by atoms with Gasteiger partial charge in [0.1, 0.15) is 11.2 Å². The summed E-state index contributed by atoms with van der Waals surface area (Å²) >= 11 is 0. The van der Waals surface area contributed by atoms with E-state index in [0.717, 1.165) is 12.8 Å². The molecule has 6 nitrogen and oxygen atoms in total. The molecule has 1 unspecified atom stereocenters. The minimum absolute atomic E-state index is 0.0221. The normalized spacial score (nSPS) is 28.9. The van der Waals surface area contributed by atoms with Crippen molar-refractivity contribution in [2.24, 2.45) is 5.92 Å². The van der Waals surface area contributed by atoms with Crippen LogP contribution in [0.4, 0.5) is 4.79 Å². The molecule has 6 heteroatoms. The highest BCUT2D eigenvalue weighted by molar-refractivity contribution is 5.88. The minimum Gasteiger partial charge on any atom is -0.444 e. The lowest BCUT2D eigenvalue weighted by Crippen LogP contribution is -2.62. The molecular formula is C14H22N2O4. The van der Waals surface area contributed by atoms with Gasteiger partial charge in [-0.05, 0) is 33.6 Å². The van der Waals surface area contributed by atoms with Gasteiger partial charge in [0.2, 0.25) is 0 Å². The number of likely N-dealkylation sites (tertiary alicyclic amines) is 1. The minimum atomic E-state index is -0.546. The van der Waals surface area contributed by atoms with Crippen LogP contribution in [0.15, 0.2) is 0 Å². The van der Waals surface area contributed by atoms with Crippen molar-refractivity contribution in [3.05, 3.63) is 0 Å². The summed E-state index contributed by atoms with van der Waals surface area (Å²) in [5.74, 6) is 0.317. The van der Waals surface area contributed by atoms with Gasteiger partial charge < -0.3 is 19.7 Å². The first kappa shape index (κ1) is 13.7. The molecule has 1 atom stereocenters. The van der Waals surface area contributed by atoms with Gasteiger partial charge in [0.25, 0.3) is 5.91 Å². The fourth-order valence-electron chi connectivity index (χ4n) is 2.68. The van der Waals surface area contributed by atoms with Crippen LogP contribution in [0.5, 0.6) is 0 Å². The number of carbonyl (C=O) groups is 2. The van der Waals surface area contributed by atoms with Gasteiger partial charge in [-0.15, -0.1) is 0 Å². The van der Waals surface area contributed by atoms with E-state index in [1.54, 1.807) is 4.90 Å². The molecular weight excluding hydrogens is 260 g/mol. The van der Waals surface area contributed by atoms with E-state index in [1.165, 1.54) is 0 Å². The Morgan fingerprint density at radius 1 is 1.40 bits per heavy atom. The summed E-state index contributed by atoms with van der Waals surface area (Å²) in [7, 11) is 0. The maximum atomic E-state index is 11.9. The first-order valence-electron chi connectivity index (χ1n) is 7.23. The van der Waals surface area contributed by atoms with E-state index in [-0.39, 0.29) is 18.1 Å². The number of ether oxygens (including phenoxy) is 2. The second kappa shape index (κ2) is 4.35. The number of amides is 2. The van der Waals surface area contributed by atoms with E-state index in [1.807, 2.05) is 20.8 Å². The number of rotatable bonds is 1. The molecule has 2 heterocycles. The molecule has 0 bridgehead atoms. The van der Waals surface area contributed by atoms with Gasteiger partial charge in [0.05, 0.1) is 6.10 Å². The number of morpholine rings is 1. The molecule has 112 valence electrons. The van der Waals surface area contributed by atoms with Crippen LogP contribution < -0.4 is 5.32 Å². The largest absolute Gasteiger partial charge is 0.444 e. The van der Waals surface area contributed by atoms with Crippen molar-refractivity contribution in [3.63, 3.8) is 0 Å². The Kier molecular flexibility index (Phi) is 2.97. The van der Waals surface area contributed by atoms with Crippen molar-refractivity contribution in [3.8, 4) is 0 Å². The molecule has 0 radical (unpaired) electrons. The first-order chi connectivity index (χ1) is 9.29. The van der Waals surface area contributed by atoms with E-state index >= 15 is 0 Å². The lowest BCUT2D eigenvalue weighted by molar-refractivity contribution is -0.159. The molecule has 1 N–H and O–H groups in total.